The van der Waals surface area contributed by atoms with Gasteiger partial charge >= 0.3 is 0 Å². The first-order valence-electron chi connectivity index (χ1n) is 6.43. The molecule has 1 aromatic heterocycles. The van der Waals surface area contributed by atoms with Crippen LogP contribution in [-0.2, 0) is 10.0 Å². The predicted molar refractivity (Wildman–Crippen MR) is 81.2 cm³/mol. The lowest BCUT2D eigenvalue weighted by Crippen LogP contribution is -2.12. The first kappa shape index (κ1) is 14.3. The molecule has 0 radical (unpaired) electrons. The molecular weight excluding hydrogens is 305 g/mol. The molecule has 22 heavy (non-hydrogen) atoms. The van der Waals surface area contributed by atoms with Crippen LogP contribution < -0.4 is 4.72 Å². The maximum atomic E-state index is 12.9. The summed E-state index contributed by atoms with van der Waals surface area (Å²) in [4.78, 5) is 7.07. The molecule has 0 atom stereocenters. The van der Waals surface area contributed by atoms with E-state index in [4.69, 9.17) is 0 Å². The van der Waals surface area contributed by atoms with Crippen molar-refractivity contribution in [1.29, 1.82) is 0 Å². The molecule has 5 nitrogen and oxygen atoms in total. The Kier molecular flexibility index (Phi) is 3.64. The number of benzene rings is 2. The number of rotatable bonds is 4. The Morgan fingerprint density at radius 2 is 1.86 bits per heavy atom. The molecule has 0 bridgehead atoms. The maximum Gasteiger partial charge on any atom is 0.261 e. The van der Waals surface area contributed by atoms with Gasteiger partial charge < -0.3 is 4.98 Å². The molecule has 2 N–H and O–H groups in total. The van der Waals surface area contributed by atoms with E-state index in [1.807, 2.05) is 6.07 Å². The van der Waals surface area contributed by atoms with Crippen molar-refractivity contribution in [2.45, 2.75) is 4.90 Å². The number of imidazole rings is 1. The van der Waals surface area contributed by atoms with E-state index in [0.717, 1.165) is 17.7 Å². The molecular formula is C15H12FN3O2S. The van der Waals surface area contributed by atoms with Gasteiger partial charge in [-0.15, -0.1) is 0 Å². The number of aromatic amines is 1. The summed E-state index contributed by atoms with van der Waals surface area (Å²) >= 11 is 0. The van der Waals surface area contributed by atoms with Crippen LogP contribution in [-0.4, -0.2) is 18.4 Å². The second kappa shape index (κ2) is 5.61. The van der Waals surface area contributed by atoms with Gasteiger partial charge in [-0.25, -0.2) is 17.8 Å². The molecule has 0 saturated carbocycles. The number of H-pyrrole nitrogens is 1. The Morgan fingerprint density at radius 1 is 1.09 bits per heavy atom. The van der Waals surface area contributed by atoms with Crippen LogP contribution in [0.1, 0.15) is 0 Å². The van der Waals surface area contributed by atoms with Crippen molar-refractivity contribution < 1.29 is 12.8 Å². The van der Waals surface area contributed by atoms with Crippen LogP contribution in [0.4, 0.5) is 10.1 Å². The Balaban J connectivity index is 1.89. The van der Waals surface area contributed by atoms with Crippen LogP contribution in [0.2, 0.25) is 0 Å². The van der Waals surface area contributed by atoms with Crippen molar-refractivity contribution in [2.24, 2.45) is 0 Å². The van der Waals surface area contributed by atoms with Crippen LogP contribution in [0.5, 0.6) is 0 Å². The minimum atomic E-state index is -3.76. The third-order valence-corrected chi connectivity index (χ3v) is 4.41. The van der Waals surface area contributed by atoms with Crippen molar-refractivity contribution >= 4 is 15.7 Å². The molecule has 2 aromatic carbocycles. The first-order chi connectivity index (χ1) is 10.5. The highest BCUT2D eigenvalue weighted by Gasteiger charge is 2.14. The lowest BCUT2D eigenvalue weighted by Gasteiger charge is -2.09. The van der Waals surface area contributed by atoms with Gasteiger partial charge in [0.2, 0.25) is 0 Å². The molecule has 0 fully saturated rings. The highest BCUT2D eigenvalue weighted by atomic mass is 32.2. The van der Waals surface area contributed by atoms with E-state index in [0.29, 0.717) is 11.5 Å². The van der Waals surface area contributed by atoms with Crippen molar-refractivity contribution in [2.75, 3.05) is 4.72 Å². The Hall–Kier alpha value is -2.67. The summed E-state index contributed by atoms with van der Waals surface area (Å²) < 4.78 is 39.9. The fourth-order valence-corrected chi connectivity index (χ4v) is 3.03. The fourth-order valence-electron chi connectivity index (χ4n) is 1.98. The topological polar surface area (TPSA) is 74.8 Å². The fraction of sp³-hybridized carbons (Fsp3) is 0. The molecule has 112 valence electrons. The van der Waals surface area contributed by atoms with Gasteiger partial charge in [0.1, 0.15) is 11.6 Å². The number of sulfonamides is 1. The molecule has 0 aliphatic carbocycles. The molecule has 3 rings (SSSR count). The van der Waals surface area contributed by atoms with Crippen molar-refractivity contribution in [3.8, 4) is 11.4 Å². The summed E-state index contributed by atoms with van der Waals surface area (Å²) in [6.45, 7) is 0. The van der Waals surface area contributed by atoms with Gasteiger partial charge in [0.25, 0.3) is 10.0 Å². The van der Waals surface area contributed by atoms with E-state index in [9.17, 15) is 12.8 Å². The van der Waals surface area contributed by atoms with Crippen LogP contribution in [0.25, 0.3) is 11.4 Å². The second-order valence-electron chi connectivity index (χ2n) is 4.58. The van der Waals surface area contributed by atoms with E-state index in [1.54, 1.807) is 30.6 Å². The van der Waals surface area contributed by atoms with Crippen LogP contribution >= 0.6 is 0 Å². The summed E-state index contributed by atoms with van der Waals surface area (Å²) in [6.07, 6.45) is 3.30. The van der Waals surface area contributed by atoms with E-state index in [2.05, 4.69) is 14.7 Å². The number of nitrogens with zero attached hydrogens (tertiary/aromatic N) is 1. The zero-order chi connectivity index (χ0) is 15.6. The second-order valence-corrected chi connectivity index (χ2v) is 6.26. The summed E-state index contributed by atoms with van der Waals surface area (Å²) in [5.41, 5.74) is 1.16. The highest BCUT2D eigenvalue weighted by Crippen LogP contribution is 2.21. The summed E-state index contributed by atoms with van der Waals surface area (Å²) in [5, 5.41) is 0. The average Bonchev–Trinajstić information content (AvgIpc) is 3.02. The first-order valence-corrected chi connectivity index (χ1v) is 7.91. The number of hydrogen-bond acceptors (Lipinski definition) is 3. The zero-order valence-electron chi connectivity index (χ0n) is 11.3. The molecule has 0 spiro atoms. The van der Waals surface area contributed by atoms with Crippen molar-refractivity contribution in [3.63, 3.8) is 0 Å². The number of halogens is 1. The summed E-state index contributed by atoms with van der Waals surface area (Å²) in [7, 11) is -3.76. The van der Waals surface area contributed by atoms with Crippen LogP contribution in [0.3, 0.4) is 0 Å². The Morgan fingerprint density at radius 3 is 2.55 bits per heavy atom. The maximum absolute atomic E-state index is 12.9. The van der Waals surface area contributed by atoms with E-state index in [-0.39, 0.29) is 4.90 Å². The molecule has 1 heterocycles. The van der Waals surface area contributed by atoms with Crippen LogP contribution in [0.15, 0.2) is 65.8 Å². The van der Waals surface area contributed by atoms with Gasteiger partial charge in [-0.2, -0.15) is 0 Å². The Labute approximate surface area is 126 Å². The van der Waals surface area contributed by atoms with Gasteiger partial charge in [-0.3, -0.25) is 4.72 Å². The highest BCUT2D eigenvalue weighted by molar-refractivity contribution is 7.92. The molecule has 3 aromatic rings. The van der Waals surface area contributed by atoms with Gasteiger partial charge in [0.05, 0.1) is 4.90 Å². The minimum absolute atomic E-state index is 0.00250. The van der Waals surface area contributed by atoms with Gasteiger partial charge in [-0.05, 0) is 36.4 Å². The van der Waals surface area contributed by atoms with Gasteiger partial charge in [0.15, 0.2) is 0 Å². The third kappa shape index (κ3) is 2.99. The average molecular weight is 317 g/mol. The molecule has 0 amide bonds. The normalized spacial score (nSPS) is 11.3. The third-order valence-electron chi connectivity index (χ3n) is 3.01. The smallest absolute Gasteiger partial charge is 0.261 e. The summed E-state index contributed by atoms with van der Waals surface area (Å²) in [5.74, 6) is 0.154. The van der Waals surface area contributed by atoms with Gasteiger partial charge in [0, 0.05) is 23.6 Å². The van der Waals surface area contributed by atoms with E-state index < -0.39 is 15.8 Å². The quantitative estimate of drug-likeness (QED) is 0.776. The summed E-state index contributed by atoms with van der Waals surface area (Å²) in [6, 6.07) is 11.5. The SMILES string of the molecule is O=S(=O)(Nc1cccc(-c2ncc[nH]2)c1)c1ccc(F)cc1. The monoisotopic (exact) mass is 317 g/mol. The number of aromatic nitrogens is 2. The van der Waals surface area contributed by atoms with Crippen molar-refractivity contribution in [1.82, 2.24) is 9.97 Å². The minimum Gasteiger partial charge on any atom is -0.345 e. The molecule has 7 heteroatoms. The van der Waals surface area contributed by atoms with Gasteiger partial charge in [-0.1, -0.05) is 12.1 Å². The largest absolute Gasteiger partial charge is 0.345 e. The van der Waals surface area contributed by atoms with Crippen molar-refractivity contribution in [3.05, 3.63) is 66.7 Å². The number of nitrogens with one attached hydrogen (secondary N) is 2. The standard InChI is InChI=1S/C15H12FN3O2S/c16-12-4-6-14(7-5-12)22(20,21)19-13-3-1-2-11(10-13)15-17-8-9-18-15/h1-10,19H,(H,17,18). The molecule has 0 aliphatic rings. The van der Waals surface area contributed by atoms with E-state index in [1.165, 1.54) is 12.1 Å². The molecule has 0 saturated heterocycles. The van der Waals surface area contributed by atoms with Crippen LogP contribution in [0, 0.1) is 5.82 Å². The molecule has 0 aliphatic heterocycles. The number of hydrogen-bond donors (Lipinski definition) is 2. The lowest BCUT2D eigenvalue weighted by atomic mass is 10.2. The Bertz CT molecular complexity index is 875. The lowest BCUT2D eigenvalue weighted by molar-refractivity contribution is 0.599. The predicted octanol–water partition coefficient (Wildman–Crippen LogP) is 3.02. The number of anilines is 1. The van der Waals surface area contributed by atoms with E-state index >= 15 is 0 Å². The molecule has 0 unspecified atom stereocenters. The zero-order valence-corrected chi connectivity index (χ0v) is 12.1.